The van der Waals surface area contributed by atoms with Gasteiger partial charge in [0.15, 0.2) is 0 Å². The molecule has 0 aliphatic carbocycles. The average molecular weight is 314 g/mol. The number of carboxylic acid groups (broad SMARTS) is 1. The van der Waals surface area contributed by atoms with Crippen LogP contribution in [0, 0.1) is 5.92 Å². The molecule has 0 aliphatic rings. The van der Waals surface area contributed by atoms with E-state index in [9.17, 15) is 4.79 Å². The van der Waals surface area contributed by atoms with Crippen LogP contribution in [0.4, 0.5) is 0 Å². The van der Waals surface area contributed by atoms with Crippen LogP contribution >= 0.6 is 15.9 Å². The Balaban J connectivity index is 2.57. The van der Waals surface area contributed by atoms with Gasteiger partial charge in [-0.1, -0.05) is 41.9 Å². The molecule has 18 heavy (non-hydrogen) atoms. The minimum atomic E-state index is -0.785. The Kier molecular flexibility index (Phi) is 5.82. The van der Waals surface area contributed by atoms with E-state index in [2.05, 4.69) is 21.2 Å². The third-order valence-electron chi connectivity index (χ3n) is 2.85. The molecule has 0 heterocycles. The van der Waals surface area contributed by atoms with Crippen molar-refractivity contribution in [2.45, 2.75) is 39.3 Å². The third-order valence-corrected chi connectivity index (χ3v) is 3.38. The van der Waals surface area contributed by atoms with E-state index >= 15 is 0 Å². The number of carbonyl (C=O) groups is 1. The summed E-state index contributed by atoms with van der Waals surface area (Å²) in [6.45, 7) is 5.84. The lowest BCUT2D eigenvalue weighted by molar-refractivity contribution is -0.140. The fourth-order valence-corrected chi connectivity index (χ4v) is 2.15. The van der Waals surface area contributed by atoms with Gasteiger partial charge in [-0.2, -0.15) is 0 Å². The molecule has 2 atom stereocenters. The quantitative estimate of drug-likeness (QED) is 0.848. The average Bonchev–Trinajstić information content (AvgIpc) is 2.28. The summed E-state index contributed by atoms with van der Waals surface area (Å²) in [6.07, 6.45) is 0.823. The highest BCUT2D eigenvalue weighted by atomic mass is 79.9. The highest BCUT2D eigenvalue weighted by molar-refractivity contribution is 9.10. The van der Waals surface area contributed by atoms with E-state index in [0.29, 0.717) is 0 Å². The summed E-state index contributed by atoms with van der Waals surface area (Å²) in [6, 6.07) is 7.74. The van der Waals surface area contributed by atoms with E-state index in [4.69, 9.17) is 5.11 Å². The minimum Gasteiger partial charge on any atom is -0.480 e. The summed E-state index contributed by atoms with van der Waals surface area (Å²) < 4.78 is 1.05. The molecule has 1 aromatic carbocycles. The third kappa shape index (κ3) is 4.78. The molecular weight excluding hydrogens is 294 g/mol. The Labute approximate surface area is 117 Å². The maximum atomic E-state index is 11.1. The summed E-state index contributed by atoms with van der Waals surface area (Å²) in [5.41, 5.74) is 1.20. The van der Waals surface area contributed by atoms with Gasteiger partial charge in [-0.25, -0.2) is 0 Å². The molecule has 4 heteroatoms. The van der Waals surface area contributed by atoms with Crippen LogP contribution in [-0.2, 0) is 11.2 Å². The molecule has 100 valence electrons. The van der Waals surface area contributed by atoms with Gasteiger partial charge in [-0.3, -0.25) is 4.79 Å². The minimum absolute atomic E-state index is 0.0786. The van der Waals surface area contributed by atoms with Crippen LogP contribution in [-0.4, -0.2) is 23.2 Å². The fourth-order valence-electron chi connectivity index (χ4n) is 1.89. The van der Waals surface area contributed by atoms with E-state index < -0.39 is 12.0 Å². The molecule has 1 aromatic rings. The predicted molar refractivity (Wildman–Crippen MR) is 76.7 cm³/mol. The zero-order chi connectivity index (χ0) is 13.7. The predicted octanol–water partition coefficient (Wildman–Crippen LogP) is 3.08. The van der Waals surface area contributed by atoms with Gasteiger partial charge < -0.3 is 10.4 Å². The second-order valence-electron chi connectivity index (χ2n) is 4.96. The first kappa shape index (κ1) is 15.2. The van der Waals surface area contributed by atoms with Crippen molar-refractivity contribution in [2.75, 3.05) is 0 Å². The molecule has 3 nitrogen and oxygen atoms in total. The molecule has 0 saturated carbocycles. The maximum absolute atomic E-state index is 11.1. The Morgan fingerprint density at radius 1 is 1.28 bits per heavy atom. The summed E-state index contributed by atoms with van der Waals surface area (Å²) in [5.74, 6) is -0.706. The van der Waals surface area contributed by atoms with Gasteiger partial charge in [0.05, 0.1) is 0 Å². The SMILES string of the molecule is CC(Cc1ccc(Br)cc1)NC(C(=O)O)C(C)C. The molecule has 0 aliphatic heterocycles. The number of hydrogen-bond donors (Lipinski definition) is 2. The van der Waals surface area contributed by atoms with Gasteiger partial charge >= 0.3 is 5.97 Å². The highest BCUT2D eigenvalue weighted by Gasteiger charge is 2.22. The number of rotatable bonds is 6. The van der Waals surface area contributed by atoms with Gasteiger partial charge in [-0.05, 0) is 37.0 Å². The Bertz CT molecular complexity index is 389. The molecule has 0 amide bonds. The molecule has 0 radical (unpaired) electrons. The number of carboxylic acids is 1. The van der Waals surface area contributed by atoms with Crippen molar-refractivity contribution in [3.63, 3.8) is 0 Å². The fraction of sp³-hybridized carbons (Fsp3) is 0.500. The van der Waals surface area contributed by atoms with Crippen molar-refractivity contribution >= 4 is 21.9 Å². The number of hydrogen-bond acceptors (Lipinski definition) is 2. The second-order valence-corrected chi connectivity index (χ2v) is 5.87. The van der Waals surface area contributed by atoms with Crippen molar-refractivity contribution < 1.29 is 9.90 Å². The van der Waals surface area contributed by atoms with E-state index in [0.717, 1.165) is 10.9 Å². The smallest absolute Gasteiger partial charge is 0.320 e. The van der Waals surface area contributed by atoms with Crippen molar-refractivity contribution in [1.82, 2.24) is 5.32 Å². The Morgan fingerprint density at radius 2 is 1.83 bits per heavy atom. The molecule has 0 bridgehead atoms. The number of aliphatic carboxylic acids is 1. The molecule has 0 fully saturated rings. The van der Waals surface area contributed by atoms with Crippen molar-refractivity contribution in [1.29, 1.82) is 0 Å². The standard InChI is InChI=1S/C14H20BrNO2/c1-9(2)13(14(17)18)16-10(3)8-11-4-6-12(15)7-5-11/h4-7,9-10,13,16H,8H2,1-3H3,(H,17,18). The zero-order valence-electron chi connectivity index (χ0n) is 11.0. The van der Waals surface area contributed by atoms with Gasteiger partial charge in [0.1, 0.15) is 6.04 Å². The van der Waals surface area contributed by atoms with Gasteiger partial charge in [0.25, 0.3) is 0 Å². The summed E-state index contributed by atoms with van der Waals surface area (Å²) >= 11 is 3.40. The van der Waals surface area contributed by atoms with Gasteiger partial charge in [-0.15, -0.1) is 0 Å². The number of nitrogens with one attached hydrogen (secondary N) is 1. The van der Waals surface area contributed by atoms with E-state index in [-0.39, 0.29) is 12.0 Å². The molecule has 0 spiro atoms. The van der Waals surface area contributed by atoms with Crippen LogP contribution in [0.15, 0.2) is 28.7 Å². The lowest BCUT2D eigenvalue weighted by Crippen LogP contribution is -2.46. The van der Waals surface area contributed by atoms with E-state index in [1.54, 1.807) is 0 Å². The highest BCUT2D eigenvalue weighted by Crippen LogP contribution is 2.12. The second kappa shape index (κ2) is 6.90. The first-order chi connectivity index (χ1) is 8.40. The zero-order valence-corrected chi connectivity index (χ0v) is 12.6. The van der Waals surface area contributed by atoms with Gasteiger partial charge in [0, 0.05) is 10.5 Å². The molecule has 0 aromatic heterocycles. The van der Waals surface area contributed by atoms with Crippen molar-refractivity contribution in [3.8, 4) is 0 Å². The Morgan fingerprint density at radius 3 is 2.28 bits per heavy atom. The van der Waals surface area contributed by atoms with Crippen LogP contribution in [0.2, 0.25) is 0 Å². The lowest BCUT2D eigenvalue weighted by atomic mass is 10.0. The van der Waals surface area contributed by atoms with Crippen LogP contribution in [0.1, 0.15) is 26.3 Å². The summed E-state index contributed by atoms with van der Waals surface area (Å²) in [7, 11) is 0. The molecule has 2 unspecified atom stereocenters. The number of halogens is 1. The van der Waals surface area contributed by atoms with Crippen LogP contribution in [0.3, 0.4) is 0 Å². The molecule has 2 N–H and O–H groups in total. The largest absolute Gasteiger partial charge is 0.480 e. The molecule has 0 saturated heterocycles. The van der Waals surface area contributed by atoms with Crippen LogP contribution in [0.5, 0.6) is 0 Å². The summed E-state index contributed by atoms with van der Waals surface area (Å²) in [4.78, 5) is 11.1. The normalized spacial score (nSPS) is 14.5. The summed E-state index contributed by atoms with van der Waals surface area (Å²) in [5, 5.41) is 12.3. The first-order valence-electron chi connectivity index (χ1n) is 6.13. The lowest BCUT2D eigenvalue weighted by Gasteiger charge is -2.23. The molecular formula is C14H20BrNO2. The maximum Gasteiger partial charge on any atom is 0.320 e. The van der Waals surface area contributed by atoms with E-state index in [1.807, 2.05) is 45.0 Å². The van der Waals surface area contributed by atoms with E-state index in [1.165, 1.54) is 5.56 Å². The number of benzene rings is 1. The van der Waals surface area contributed by atoms with Crippen LogP contribution < -0.4 is 5.32 Å². The first-order valence-corrected chi connectivity index (χ1v) is 6.92. The topological polar surface area (TPSA) is 49.3 Å². The Hall–Kier alpha value is -0.870. The van der Waals surface area contributed by atoms with Crippen molar-refractivity contribution in [2.24, 2.45) is 5.92 Å². The van der Waals surface area contributed by atoms with Gasteiger partial charge in [0.2, 0.25) is 0 Å². The monoisotopic (exact) mass is 313 g/mol. The van der Waals surface area contributed by atoms with Crippen molar-refractivity contribution in [3.05, 3.63) is 34.3 Å². The van der Waals surface area contributed by atoms with Crippen LogP contribution in [0.25, 0.3) is 0 Å². The molecule has 1 rings (SSSR count).